The quantitative estimate of drug-likeness (QED) is 0.425. The standard InChI is InChI=1S/C8H9NO4S/c1-2-13-8(12)5(3-10)7-9-6(11)4-14-7/h3,10H,2,4H2,1H3/b5-3-. The molecule has 1 aliphatic rings. The number of amides is 1. The number of aliphatic hydroxyl groups is 1. The molecule has 76 valence electrons. The summed E-state index contributed by atoms with van der Waals surface area (Å²) in [5.74, 6) is -0.781. The van der Waals surface area contributed by atoms with Gasteiger partial charge in [0.15, 0.2) is 0 Å². The number of carbonyl (C=O) groups is 2. The zero-order valence-corrected chi connectivity index (χ0v) is 8.34. The van der Waals surface area contributed by atoms with Crippen molar-refractivity contribution in [2.45, 2.75) is 6.92 Å². The lowest BCUT2D eigenvalue weighted by atomic mass is 10.3. The fourth-order valence-electron chi connectivity index (χ4n) is 0.850. The number of ether oxygens (including phenoxy) is 1. The third-order valence-electron chi connectivity index (χ3n) is 1.41. The van der Waals surface area contributed by atoms with Crippen LogP contribution in [0.5, 0.6) is 0 Å². The second-order valence-electron chi connectivity index (χ2n) is 2.36. The molecule has 1 heterocycles. The van der Waals surface area contributed by atoms with E-state index in [1.54, 1.807) is 6.92 Å². The molecule has 1 N–H and O–H groups in total. The molecule has 0 saturated carbocycles. The molecule has 1 rings (SSSR count). The number of hydrogen-bond acceptors (Lipinski definition) is 5. The first kappa shape index (κ1) is 10.8. The van der Waals surface area contributed by atoms with Crippen molar-refractivity contribution in [1.82, 2.24) is 0 Å². The molecule has 0 spiro atoms. The molecule has 5 nitrogen and oxygen atoms in total. The van der Waals surface area contributed by atoms with Crippen LogP contribution in [-0.4, -0.2) is 34.4 Å². The molecule has 0 unspecified atom stereocenters. The average Bonchev–Trinajstić information content (AvgIpc) is 2.54. The Morgan fingerprint density at radius 2 is 2.50 bits per heavy atom. The summed E-state index contributed by atoms with van der Waals surface area (Å²) in [7, 11) is 0. The second kappa shape index (κ2) is 4.80. The summed E-state index contributed by atoms with van der Waals surface area (Å²) in [5, 5.41) is 9.02. The molecule has 1 aliphatic heterocycles. The molecule has 1 amide bonds. The van der Waals surface area contributed by atoms with E-state index in [0.29, 0.717) is 6.26 Å². The maximum Gasteiger partial charge on any atom is 0.344 e. The van der Waals surface area contributed by atoms with Crippen LogP contribution in [0.15, 0.2) is 16.8 Å². The van der Waals surface area contributed by atoms with E-state index >= 15 is 0 Å². The van der Waals surface area contributed by atoms with E-state index in [9.17, 15) is 9.59 Å². The van der Waals surface area contributed by atoms with Gasteiger partial charge in [-0.1, -0.05) is 11.8 Å². The highest BCUT2D eigenvalue weighted by atomic mass is 32.2. The lowest BCUT2D eigenvalue weighted by molar-refractivity contribution is -0.137. The first-order valence-corrected chi connectivity index (χ1v) is 4.93. The third kappa shape index (κ3) is 2.35. The first-order valence-electron chi connectivity index (χ1n) is 3.95. The van der Waals surface area contributed by atoms with Crippen LogP contribution in [0, 0.1) is 0 Å². The van der Waals surface area contributed by atoms with Gasteiger partial charge in [-0.05, 0) is 6.92 Å². The van der Waals surface area contributed by atoms with Gasteiger partial charge < -0.3 is 9.84 Å². The summed E-state index contributed by atoms with van der Waals surface area (Å²) in [6.45, 7) is 1.86. The predicted molar refractivity (Wildman–Crippen MR) is 52.2 cm³/mol. The predicted octanol–water partition coefficient (Wildman–Crippen LogP) is 0.663. The smallest absolute Gasteiger partial charge is 0.344 e. The van der Waals surface area contributed by atoms with Crippen molar-refractivity contribution in [2.24, 2.45) is 4.99 Å². The summed E-state index contributed by atoms with van der Waals surface area (Å²) in [6.07, 6.45) is 0.614. The van der Waals surface area contributed by atoms with Gasteiger partial charge in [0.25, 0.3) is 5.91 Å². The summed E-state index contributed by atoms with van der Waals surface area (Å²) < 4.78 is 4.67. The van der Waals surface area contributed by atoms with E-state index in [-0.39, 0.29) is 28.9 Å². The van der Waals surface area contributed by atoms with Crippen molar-refractivity contribution in [2.75, 3.05) is 12.4 Å². The Kier molecular flexibility index (Phi) is 3.70. The Morgan fingerprint density at radius 3 is 2.93 bits per heavy atom. The summed E-state index contributed by atoms with van der Waals surface area (Å²) >= 11 is 1.11. The number of hydrogen-bond donors (Lipinski definition) is 1. The van der Waals surface area contributed by atoms with Crippen molar-refractivity contribution in [3.8, 4) is 0 Å². The van der Waals surface area contributed by atoms with Crippen LogP contribution in [0.25, 0.3) is 0 Å². The number of nitrogens with zero attached hydrogens (tertiary/aromatic N) is 1. The van der Waals surface area contributed by atoms with Crippen molar-refractivity contribution in [3.05, 3.63) is 11.8 Å². The molecule has 0 aliphatic carbocycles. The minimum absolute atomic E-state index is 0.0669. The number of rotatable bonds is 3. The second-order valence-corrected chi connectivity index (χ2v) is 3.33. The molecule has 0 bridgehead atoms. The van der Waals surface area contributed by atoms with Gasteiger partial charge >= 0.3 is 5.97 Å². The first-order chi connectivity index (χ1) is 6.69. The molecule has 0 saturated heterocycles. The van der Waals surface area contributed by atoms with E-state index in [0.717, 1.165) is 11.8 Å². The van der Waals surface area contributed by atoms with E-state index in [4.69, 9.17) is 5.11 Å². The Morgan fingerprint density at radius 1 is 1.79 bits per heavy atom. The van der Waals surface area contributed by atoms with Crippen LogP contribution >= 0.6 is 11.8 Å². The molecule has 0 atom stereocenters. The van der Waals surface area contributed by atoms with Crippen molar-refractivity contribution < 1.29 is 19.4 Å². The Labute approximate surface area is 84.8 Å². The molecule has 0 fully saturated rings. The van der Waals surface area contributed by atoms with E-state index in [1.165, 1.54) is 0 Å². The van der Waals surface area contributed by atoms with Crippen LogP contribution in [0.2, 0.25) is 0 Å². The highest BCUT2D eigenvalue weighted by molar-refractivity contribution is 8.15. The van der Waals surface area contributed by atoms with Crippen LogP contribution in [0.1, 0.15) is 6.92 Å². The molecule has 0 radical (unpaired) electrons. The monoisotopic (exact) mass is 215 g/mol. The van der Waals surface area contributed by atoms with Crippen LogP contribution in [0.4, 0.5) is 0 Å². The fourth-order valence-corrected chi connectivity index (χ4v) is 1.63. The van der Waals surface area contributed by atoms with E-state index in [1.807, 2.05) is 0 Å². The molecule has 0 aromatic carbocycles. The number of aliphatic hydroxyl groups excluding tert-OH is 1. The summed E-state index contributed by atoms with van der Waals surface area (Å²) in [5.41, 5.74) is -0.0669. The van der Waals surface area contributed by atoms with Gasteiger partial charge in [0, 0.05) is 0 Å². The van der Waals surface area contributed by atoms with Crippen molar-refractivity contribution in [1.29, 1.82) is 0 Å². The highest BCUT2D eigenvalue weighted by Crippen LogP contribution is 2.20. The molecule has 0 aromatic heterocycles. The molecule has 0 aromatic rings. The largest absolute Gasteiger partial charge is 0.515 e. The summed E-state index contributed by atoms with van der Waals surface area (Å²) in [4.78, 5) is 25.6. The van der Waals surface area contributed by atoms with E-state index in [2.05, 4.69) is 9.73 Å². The minimum Gasteiger partial charge on any atom is -0.515 e. The molecule has 6 heteroatoms. The van der Waals surface area contributed by atoms with Gasteiger partial charge in [-0.25, -0.2) is 9.79 Å². The molecular weight excluding hydrogens is 206 g/mol. The number of esters is 1. The van der Waals surface area contributed by atoms with Gasteiger partial charge in [-0.15, -0.1) is 0 Å². The molecular formula is C8H9NO4S. The SMILES string of the molecule is CCOC(=O)/C(=C\O)C1=NC(=O)CS1. The number of thioether (sulfide) groups is 1. The topological polar surface area (TPSA) is 76.0 Å². The number of carbonyl (C=O) groups excluding carboxylic acids is 2. The Balaban J connectivity index is 2.78. The minimum atomic E-state index is -0.670. The fraction of sp³-hybridized carbons (Fsp3) is 0.375. The zero-order chi connectivity index (χ0) is 10.6. The van der Waals surface area contributed by atoms with Crippen LogP contribution in [0.3, 0.4) is 0 Å². The zero-order valence-electron chi connectivity index (χ0n) is 7.52. The normalized spacial score (nSPS) is 16.8. The van der Waals surface area contributed by atoms with Gasteiger partial charge in [0.05, 0.1) is 18.6 Å². The maximum absolute atomic E-state index is 11.2. The lowest BCUT2D eigenvalue weighted by Crippen LogP contribution is -2.13. The summed E-state index contributed by atoms with van der Waals surface area (Å²) in [6, 6.07) is 0. The Bertz CT molecular complexity index is 321. The average molecular weight is 215 g/mol. The third-order valence-corrected chi connectivity index (χ3v) is 2.39. The van der Waals surface area contributed by atoms with Crippen molar-refractivity contribution in [3.63, 3.8) is 0 Å². The van der Waals surface area contributed by atoms with E-state index < -0.39 is 5.97 Å². The van der Waals surface area contributed by atoms with Gasteiger partial charge in [-0.2, -0.15) is 0 Å². The van der Waals surface area contributed by atoms with Crippen molar-refractivity contribution >= 4 is 28.7 Å². The lowest BCUT2D eigenvalue weighted by Gasteiger charge is -2.03. The Hall–Kier alpha value is -1.30. The maximum atomic E-state index is 11.2. The number of aliphatic imine (C=N–C) groups is 1. The molecule has 14 heavy (non-hydrogen) atoms. The van der Waals surface area contributed by atoms with Gasteiger partial charge in [-0.3, -0.25) is 4.79 Å². The van der Waals surface area contributed by atoms with Gasteiger partial charge in [0.1, 0.15) is 10.6 Å². The van der Waals surface area contributed by atoms with Gasteiger partial charge in [0.2, 0.25) is 0 Å². The van der Waals surface area contributed by atoms with Crippen LogP contribution in [-0.2, 0) is 14.3 Å². The highest BCUT2D eigenvalue weighted by Gasteiger charge is 2.24. The van der Waals surface area contributed by atoms with Crippen LogP contribution < -0.4 is 0 Å².